The maximum absolute atomic E-state index is 4.32. The zero-order chi connectivity index (χ0) is 13.7. The van der Waals surface area contributed by atoms with Gasteiger partial charge < -0.3 is 5.32 Å². The Kier molecular flexibility index (Phi) is 5.58. The van der Waals surface area contributed by atoms with E-state index < -0.39 is 0 Å². The van der Waals surface area contributed by atoms with Gasteiger partial charge in [-0.25, -0.2) is 0 Å². The summed E-state index contributed by atoms with van der Waals surface area (Å²) in [6, 6.07) is 0.758. The Labute approximate surface area is 120 Å². The molecule has 0 atom stereocenters. The number of rotatable bonds is 7. The van der Waals surface area contributed by atoms with Gasteiger partial charge in [0.15, 0.2) is 0 Å². The Morgan fingerprint density at radius 1 is 1.32 bits per heavy atom. The summed E-state index contributed by atoms with van der Waals surface area (Å²) < 4.78 is 0. The summed E-state index contributed by atoms with van der Waals surface area (Å²) in [7, 11) is 0. The zero-order valence-corrected chi connectivity index (χ0v) is 13.2. The maximum atomic E-state index is 4.32. The summed E-state index contributed by atoms with van der Waals surface area (Å²) >= 11 is 1.70. The third-order valence-corrected chi connectivity index (χ3v) is 4.44. The van der Waals surface area contributed by atoms with E-state index in [1.165, 1.54) is 32.2 Å². The molecule has 19 heavy (non-hydrogen) atoms. The van der Waals surface area contributed by atoms with E-state index in [1.54, 1.807) is 11.3 Å². The molecule has 0 bridgehead atoms. The topological polar surface area (TPSA) is 41.1 Å². The fourth-order valence-electron chi connectivity index (χ4n) is 2.80. The second-order valence-electron chi connectivity index (χ2n) is 5.79. The molecule has 0 amide bonds. The predicted molar refractivity (Wildman–Crippen MR) is 81.6 cm³/mol. The van der Waals surface area contributed by atoms with Crippen LogP contribution >= 0.6 is 11.3 Å². The van der Waals surface area contributed by atoms with Crippen molar-refractivity contribution in [3.05, 3.63) is 5.01 Å². The Morgan fingerprint density at radius 3 is 2.68 bits per heavy atom. The van der Waals surface area contributed by atoms with Crippen molar-refractivity contribution in [2.75, 3.05) is 18.4 Å². The van der Waals surface area contributed by atoms with Crippen molar-refractivity contribution in [3.8, 4) is 0 Å². The summed E-state index contributed by atoms with van der Waals surface area (Å²) in [5, 5.41) is 13.8. The molecule has 1 aromatic heterocycles. The number of hydrogen-bond donors (Lipinski definition) is 1. The molecule has 0 saturated heterocycles. The van der Waals surface area contributed by atoms with Crippen molar-refractivity contribution in [1.29, 1.82) is 0 Å². The molecular weight excluding hydrogens is 256 g/mol. The first-order valence-electron chi connectivity index (χ1n) is 7.49. The Balaban J connectivity index is 1.97. The number of nitrogens with one attached hydrogen (secondary N) is 1. The van der Waals surface area contributed by atoms with Crippen molar-refractivity contribution in [2.45, 2.75) is 59.0 Å². The van der Waals surface area contributed by atoms with E-state index >= 15 is 0 Å². The van der Waals surface area contributed by atoms with Crippen molar-refractivity contribution in [3.63, 3.8) is 0 Å². The van der Waals surface area contributed by atoms with E-state index in [0.29, 0.717) is 5.92 Å². The summed E-state index contributed by atoms with van der Waals surface area (Å²) in [6.45, 7) is 9.72. The first kappa shape index (κ1) is 14.7. The van der Waals surface area contributed by atoms with Gasteiger partial charge in [0.25, 0.3) is 0 Å². The Bertz CT molecular complexity index is 371. The van der Waals surface area contributed by atoms with Gasteiger partial charge in [-0.3, -0.25) is 4.90 Å². The molecule has 108 valence electrons. The fraction of sp³-hybridized carbons (Fsp3) is 0.857. The molecule has 1 fully saturated rings. The second-order valence-corrected chi connectivity index (χ2v) is 6.85. The molecule has 1 N–H and O–H groups in total. The molecule has 4 nitrogen and oxygen atoms in total. The third kappa shape index (κ3) is 4.42. The third-order valence-electron chi connectivity index (χ3n) is 3.57. The molecule has 5 heteroatoms. The maximum Gasteiger partial charge on any atom is 0.205 e. The minimum absolute atomic E-state index is 0.710. The van der Waals surface area contributed by atoms with Crippen LogP contribution in [-0.4, -0.2) is 34.2 Å². The molecule has 2 rings (SSSR count). The largest absolute Gasteiger partial charge is 0.360 e. The molecule has 1 saturated carbocycles. The van der Waals surface area contributed by atoms with Crippen molar-refractivity contribution >= 4 is 16.5 Å². The van der Waals surface area contributed by atoms with Gasteiger partial charge in [0.1, 0.15) is 5.01 Å². The van der Waals surface area contributed by atoms with Crippen LogP contribution in [0.2, 0.25) is 0 Å². The number of hydrogen-bond acceptors (Lipinski definition) is 5. The lowest BCUT2D eigenvalue weighted by molar-refractivity contribution is 0.168. The Hall–Kier alpha value is -0.680. The van der Waals surface area contributed by atoms with Crippen LogP contribution in [0, 0.1) is 5.92 Å². The molecule has 1 aliphatic carbocycles. The van der Waals surface area contributed by atoms with Crippen LogP contribution in [0.1, 0.15) is 51.5 Å². The molecular formula is C14H26N4S. The lowest BCUT2D eigenvalue weighted by Crippen LogP contribution is -2.35. The minimum atomic E-state index is 0.710. The van der Waals surface area contributed by atoms with Crippen LogP contribution < -0.4 is 5.32 Å². The predicted octanol–water partition coefficient (Wildman–Crippen LogP) is 3.37. The minimum Gasteiger partial charge on any atom is -0.360 e. The average Bonchev–Trinajstić information content (AvgIpc) is 2.99. The molecule has 1 heterocycles. The SMILES string of the molecule is CCNc1nnc(CN(CC(C)C)C2CCCC2)s1. The van der Waals surface area contributed by atoms with E-state index in [2.05, 4.69) is 41.2 Å². The lowest BCUT2D eigenvalue weighted by atomic mass is 10.1. The number of nitrogens with zero attached hydrogens (tertiary/aromatic N) is 3. The molecule has 0 spiro atoms. The fourth-order valence-corrected chi connectivity index (χ4v) is 3.63. The quantitative estimate of drug-likeness (QED) is 0.832. The first-order chi connectivity index (χ1) is 9.19. The lowest BCUT2D eigenvalue weighted by Gasteiger charge is -2.29. The summed E-state index contributed by atoms with van der Waals surface area (Å²) in [5.74, 6) is 0.710. The van der Waals surface area contributed by atoms with Crippen molar-refractivity contribution in [1.82, 2.24) is 15.1 Å². The van der Waals surface area contributed by atoms with Crippen LogP contribution in [0.4, 0.5) is 5.13 Å². The van der Waals surface area contributed by atoms with Crippen molar-refractivity contribution in [2.24, 2.45) is 5.92 Å². The second kappa shape index (κ2) is 7.20. The molecule has 1 aliphatic rings. The highest BCUT2D eigenvalue weighted by Gasteiger charge is 2.24. The van der Waals surface area contributed by atoms with Crippen LogP contribution in [0.25, 0.3) is 0 Å². The summed E-state index contributed by atoms with van der Waals surface area (Å²) in [4.78, 5) is 2.62. The monoisotopic (exact) mass is 282 g/mol. The van der Waals surface area contributed by atoms with Gasteiger partial charge >= 0.3 is 0 Å². The number of aromatic nitrogens is 2. The van der Waals surface area contributed by atoms with Crippen LogP contribution in [0.5, 0.6) is 0 Å². The molecule has 0 aromatic carbocycles. The van der Waals surface area contributed by atoms with E-state index in [9.17, 15) is 0 Å². The highest BCUT2D eigenvalue weighted by Crippen LogP contribution is 2.27. The van der Waals surface area contributed by atoms with Crippen LogP contribution in [0.15, 0.2) is 0 Å². The standard InChI is InChI=1S/C14H26N4S/c1-4-15-14-17-16-13(19-14)10-18(9-11(2)3)12-7-5-6-8-12/h11-12H,4-10H2,1-3H3,(H,15,17). The average molecular weight is 282 g/mol. The van der Waals surface area contributed by atoms with Crippen LogP contribution in [-0.2, 0) is 6.54 Å². The van der Waals surface area contributed by atoms with Gasteiger partial charge in [0.05, 0.1) is 6.54 Å². The van der Waals surface area contributed by atoms with Crippen LogP contribution in [0.3, 0.4) is 0 Å². The van der Waals surface area contributed by atoms with E-state index in [-0.39, 0.29) is 0 Å². The smallest absolute Gasteiger partial charge is 0.205 e. The van der Waals surface area contributed by atoms with Gasteiger partial charge in [-0.15, -0.1) is 10.2 Å². The van der Waals surface area contributed by atoms with Crippen molar-refractivity contribution < 1.29 is 0 Å². The zero-order valence-electron chi connectivity index (χ0n) is 12.4. The normalized spacial score (nSPS) is 16.7. The van der Waals surface area contributed by atoms with Gasteiger partial charge in [-0.05, 0) is 25.7 Å². The summed E-state index contributed by atoms with van der Waals surface area (Å²) in [5.41, 5.74) is 0. The molecule has 0 radical (unpaired) electrons. The highest BCUT2D eigenvalue weighted by molar-refractivity contribution is 7.15. The number of anilines is 1. The molecule has 1 aromatic rings. The highest BCUT2D eigenvalue weighted by atomic mass is 32.1. The van der Waals surface area contributed by atoms with E-state index in [4.69, 9.17) is 0 Å². The molecule has 0 unspecified atom stereocenters. The van der Waals surface area contributed by atoms with E-state index in [1.807, 2.05) is 0 Å². The van der Waals surface area contributed by atoms with Gasteiger partial charge in [0.2, 0.25) is 5.13 Å². The summed E-state index contributed by atoms with van der Waals surface area (Å²) in [6.07, 6.45) is 5.48. The van der Waals surface area contributed by atoms with E-state index in [0.717, 1.165) is 29.3 Å². The first-order valence-corrected chi connectivity index (χ1v) is 8.31. The van der Waals surface area contributed by atoms with Gasteiger partial charge in [-0.2, -0.15) is 0 Å². The Morgan fingerprint density at radius 2 is 2.05 bits per heavy atom. The van der Waals surface area contributed by atoms with Gasteiger partial charge in [-0.1, -0.05) is 38.0 Å². The van der Waals surface area contributed by atoms with Gasteiger partial charge in [0, 0.05) is 19.1 Å². The molecule has 0 aliphatic heterocycles.